The Balaban J connectivity index is 2.25. The second-order valence-electron chi connectivity index (χ2n) is 4.12. The zero-order chi connectivity index (χ0) is 14.5. The molecule has 0 unspecified atom stereocenters. The molecule has 5 nitrogen and oxygen atoms in total. The number of nitriles is 2. The number of amides is 1. The van der Waals surface area contributed by atoms with Crippen LogP contribution in [-0.2, 0) is 0 Å². The number of rotatable bonds is 2. The van der Waals surface area contributed by atoms with Crippen molar-refractivity contribution < 1.29 is 4.79 Å². The Kier molecular flexibility index (Phi) is 3.74. The quantitative estimate of drug-likeness (QED) is 0.899. The Morgan fingerprint density at radius 1 is 1.15 bits per heavy atom. The average Bonchev–Trinajstić information content (AvgIpc) is 2.47. The van der Waals surface area contributed by atoms with Crippen LogP contribution in [0.4, 0.5) is 5.69 Å². The summed E-state index contributed by atoms with van der Waals surface area (Å²) in [6, 6.07) is 11.7. The van der Waals surface area contributed by atoms with E-state index >= 15 is 0 Å². The maximum atomic E-state index is 12.0. The third-order valence-corrected chi connectivity index (χ3v) is 2.68. The molecular formula is C15H10N4O. The minimum atomic E-state index is -0.288. The van der Waals surface area contributed by atoms with E-state index in [2.05, 4.69) is 10.3 Å². The fourth-order valence-corrected chi connectivity index (χ4v) is 1.70. The first-order valence-electron chi connectivity index (χ1n) is 5.82. The lowest BCUT2D eigenvalue weighted by molar-refractivity contribution is 0.102. The molecule has 1 amide bonds. The van der Waals surface area contributed by atoms with Gasteiger partial charge in [-0.05, 0) is 37.3 Å². The number of aromatic nitrogens is 1. The van der Waals surface area contributed by atoms with Gasteiger partial charge in [-0.15, -0.1) is 0 Å². The van der Waals surface area contributed by atoms with Crippen LogP contribution in [0.1, 0.15) is 27.2 Å². The van der Waals surface area contributed by atoms with Crippen molar-refractivity contribution in [2.45, 2.75) is 6.92 Å². The van der Waals surface area contributed by atoms with E-state index in [1.807, 2.05) is 12.1 Å². The van der Waals surface area contributed by atoms with Crippen LogP contribution in [0.3, 0.4) is 0 Å². The van der Waals surface area contributed by atoms with Crippen LogP contribution in [0.2, 0.25) is 0 Å². The van der Waals surface area contributed by atoms with Crippen LogP contribution < -0.4 is 5.32 Å². The first-order valence-corrected chi connectivity index (χ1v) is 5.82. The van der Waals surface area contributed by atoms with Crippen molar-refractivity contribution >= 4 is 11.6 Å². The molecule has 96 valence electrons. The fourth-order valence-electron chi connectivity index (χ4n) is 1.70. The topological polar surface area (TPSA) is 89.6 Å². The Labute approximate surface area is 116 Å². The standard InChI is InChI=1S/C15H10N4O/c1-10-6-11(4-5-18-10)15(20)19-14-3-2-12(8-16)13(7-14)9-17/h2-7H,1H3,(H,19,20). The second kappa shape index (κ2) is 5.64. The van der Waals surface area contributed by atoms with E-state index in [4.69, 9.17) is 10.5 Å². The second-order valence-corrected chi connectivity index (χ2v) is 4.12. The average molecular weight is 262 g/mol. The minimum absolute atomic E-state index is 0.233. The monoisotopic (exact) mass is 262 g/mol. The lowest BCUT2D eigenvalue weighted by Crippen LogP contribution is -2.12. The molecule has 0 saturated carbocycles. The van der Waals surface area contributed by atoms with E-state index in [0.29, 0.717) is 11.3 Å². The van der Waals surface area contributed by atoms with E-state index < -0.39 is 0 Å². The summed E-state index contributed by atoms with van der Waals surface area (Å²) in [6.45, 7) is 1.80. The SMILES string of the molecule is Cc1cc(C(=O)Nc2ccc(C#N)c(C#N)c2)ccn1. The van der Waals surface area contributed by atoms with Crippen molar-refractivity contribution in [3.8, 4) is 12.1 Å². The number of nitrogens with one attached hydrogen (secondary N) is 1. The summed E-state index contributed by atoms with van der Waals surface area (Å²) in [7, 11) is 0. The molecule has 0 spiro atoms. The highest BCUT2D eigenvalue weighted by Gasteiger charge is 2.08. The highest BCUT2D eigenvalue weighted by atomic mass is 16.1. The Bertz CT molecular complexity index is 753. The van der Waals surface area contributed by atoms with Gasteiger partial charge in [-0.2, -0.15) is 10.5 Å². The summed E-state index contributed by atoms with van der Waals surface area (Å²) in [5.41, 5.74) is 2.22. The number of anilines is 1. The van der Waals surface area contributed by atoms with Crippen molar-refractivity contribution in [2.75, 3.05) is 5.32 Å². The summed E-state index contributed by atoms with van der Waals surface area (Å²) >= 11 is 0. The predicted octanol–water partition coefficient (Wildman–Crippen LogP) is 2.39. The predicted molar refractivity (Wildman–Crippen MR) is 72.8 cm³/mol. The van der Waals surface area contributed by atoms with Gasteiger partial charge in [-0.1, -0.05) is 0 Å². The van der Waals surface area contributed by atoms with Gasteiger partial charge < -0.3 is 5.32 Å². The normalized spacial score (nSPS) is 9.35. The van der Waals surface area contributed by atoms with Crippen molar-refractivity contribution in [2.24, 2.45) is 0 Å². The zero-order valence-electron chi connectivity index (χ0n) is 10.7. The van der Waals surface area contributed by atoms with Crippen LogP contribution in [0.5, 0.6) is 0 Å². The number of nitrogens with zero attached hydrogens (tertiary/aromatic N) is 3. The molecular weight excluding hydrogens is 252 g/mol. The minimum Gasteiger partial charge on any atom is -0.322 e. The molecule has 0 aliphatic heterocycles. The van der Waals surface area contributed by atoms with E-state index in [0.717, 1.165) is 5.69 Å². The molecule has 1 aromatic heterocycles. The maximum Gasteiger partial charge on any atom is 0.255 e. The van der Waals surface area contributed by atoms with Gasteiger partial charge in [-0.25, -0.2) is 0 Å². The molecule has 0 radical (unpaired) electrons. The van der Waals surface area contributed by atoms with E-state index in [1.54, 1.807) is 31.3 Å². The van der Waals surface area contributed by atoms with Gasteiger partial charge in [0.25, 0.3) is 5.91 Å². The van der Waals surface area contributed by atoms with Gasteiger partial charge in [0.2, 0.25) is 0 Å². The van der Waals surface area contributed by atoms with E-state index in [-0.39, 0.29) is 17.0 Å². The van der Waals surface area contributed by atoms with Crippen LogP contribution in [0, 0.1) is 29.6 Å². The highest BCUT2D eigenvalue weighted by molar-refractivity contribution is 6.04. The molecule has 1 heterocycles. The number of carbonyl (C=O) groups excluding carboxylic acids is 1. The number of pyridine rings is 1. The summed E-state index contributed by atoms with van der Waals surface area (Å²) < 4.78 is 0. The van der Waals surface area contributed by atoms with Gasteiger partial charge in [0.05, 0.1) is 11.1 Å². The van der Waals surface area contributed by atoms with E-state index in [1.165, 1.54) is 12.1 Å². The number of hydrogen-bond donors (Lipinski definition) is 1. The maximum absolute atomic E-state index is 12.0. The third kappa shape index (κ3) is 2.80. The molecule has 2 aromatic rings. The number of aryl methyl sites for hydroxylation is 1. The van der Waals surface area contributed by atoms with Crippen molar-refractivity contribution in [3.63, 3.8) is 0 Å². The molecule has 20 heavy (non-hydrogen) atoms. The Morgan fingerprint density at radius 3 is 2.55 bits per heavy atom. The van der Waals surface area contributed by atoms with Crippen molar-refractivity contribution in [3.05, 3.63) is 58.9 Å². The van der Waals surface area contributed by atoms with Crippen LogP contribution in [0.15, 0.2) is 36.5 Å². The summed E-state index contributed by atoms with van der Waals surface area (Å²) in [5.74, 6) is -0.288. The first kappa shape index (κ1) is 13.3. The van der Waals surface area contributed by atoms with Crippen LogP contribution >= 0.6 is 0 Å². The molecule has 0 aliphatic carbocycles. The van der Waals surface area contributed by atoms with Gasteiger partial charge in [0.1, 0.15) is 12.1 Å². The van der Waals surface area contributed by atoms with Crippen molar-refractivity contribution in [1.29, 1.82) is 10.5 Å². The van der Waals surface area contributed by atoms with Crippen molar-refractivity contribution in [1.82, 2.24) is 4.98 Å². The number of carbonyl (C=O) groups is 1. The molecule has 0 saturated heterocycles. The zero-order valence-corrected chi connectivity index (χ0v) is 10.7. The molecule has 0 aliphatic rings. The Morgan fingerprint density at radius 2 is 1.90 bits per heavy atom. The third-order valence-electron chi connectivity index (χ3n) is 2.68. The molecule has 2 rings (SSSR count). The summed E-state index contributed by atoms with van der Waals surface area (Å²) in [4.78, 5) is 16.1. The van der Waals surface area contributed by atoms with Gasteiger partial charge in [-0.3, -0.25) is 9.78 Å². The highest BCUT2D eigenvalue weighted by Crippen LogP contribution is 2.15. The molecule has 5 heteroatoms. The molecule has 1 N–H and O–H groups in total. The molecule has 0 atom stereocenters. The lowest BCUT2D eigenvalue weighted by Gasteiger charge is -2.06. The lowest BCUT2D eigenvalue weighted by atomic mass is 10.1. The number of benzene rings is 1. The van der Waals surface area contributed by atoms with Crippen LogP contribution in [-0.4, -0.2) is 10.9 Å². The number of hydrogen-bond acceptors (Lipinski definition) is 4. The largest absolute Gasteiger partial charge is 0.322 e. The fraction of sp³-hybridized carbons (Fsp3) is 0.0667. The van der Waals surface area contributed by atoms with Crippen LogP contribution in [0.25, 0.3) is 0 Å². The molecule has 0 bridgehead atoms. The first-order chi connectivity index (χ1) is 9.63. The molecule has 1 aromatic carbocycles. The summed E-state index contributed by atoms with van der Waals surface area (Å²) in [6.07, 6.45) is 1.56. The smallest absolute Gasteiger partial charge is 0.255 e. The van der Waals surface area contributed by atoms with E-state index in [9.17, 15) is 4.79 Å². The van der Waals surface area contributed by atoms with Gasteiger partial charge >= 0.3 is 0 Å². The Hall–Kier alpha value is -3.18. The van der Waals surface area contributed by atoms with Gasteiger partial charge in [0, 0.05) is 23.1 Å². The van der Waals surface area contributed by atoms with Gasteiger partial charge in [0.15, 0.2) is 0 Å². The molecule has 0 fully saturated rings. The summed E-state index contributed by atoms with van der Waals surface area (Å²) in [5, 5.41) is 20.5.